The van der Waals surface area contributed by atoms with Gasteiger partial charge in [0.25, 0.3) is 0 Å². The predicted molar refractivity (Wildman–Crippen MR) is 110 cm³/mol. The molecule has 0 saturated carbocycles. The number of aromatic amines is 1. The fourth-order valence-corrected chi connectivity index (χ4v) is 3.62. The third kappa shape index (κ3) is 3.70. The van der Waals surface area contributed by atoms with Crippen LogP contribution in [0.1, 0.15) is 52.8 Å². The van der Waals surface area contributed by atoms with Crippen LogP contribution < -0.4 is 0 Å². The third-order valence-electron chi connectivity index (χ3n) is 5.09. The van der Waals surface area contributed by atoms with Crippen LogP contribution in [0, 0.1) is 25.5 Å². The van der Waals surface area contributed by atoms with Crippen molar-refractivity contribution >= 4 is 18.4 Å². The zero-order valence-corrected chi connectivity index (χ0v) is 17.2. The summed E-state index contributed by atoms with van der Waals surface area (Å²) < 4.78 is 9.86. The normalized spacial score (nSPS) is 17.0. The smallest absolute Gasteiger partial charge is 0.216 e. The molecule has 8 heteroatoms. The van der Waals surface area contributed by atoms with Gasteiger partial charge in [0.15, 0.2) is 5.82 Å². The topological polar surface area (TPSA) is 73.0 Å². The van der Waals surface area contributed by atoms with Crippen LogP contribution in [0.2, 0.25) is 0 Å². The summed E-state index contributed by atoms with van der Waals surface area (Å²) in [5, 5.41) is 16.4. The third-order valence-corrected chi connectivity index (χ3v) is 5.35. The van der Waals surface area contributed by atoms with E-state index in [0.29, 0.717) is 4.77 Å². The Morgan fingerprint density at radius 2 is 2.07 bits per heavy atom. The van der Waals surface area contributed by atoms with Gasteiger partial charge in [-0.1, -0.05) is 29.8 Å². The maximum absolute atomic E-state index is 5.73. The summed E-state index contributed by atoms with van der Waals surface area (Å²) in [5.74, 6) is 0.723. The van der Waals surface area contributed by atoms with E-state index in [4.69, 9.17) is 22.1 Å². The first-order valence-corrected chi connectivity index (χ1v) is 9.86. The molecule has 4 rings (SSSR count). The van der Waals surface area contributed by atoms with E-state index in [0.717, 1.165) is 48.8 Å². The van der Waals surface area contributed by atoms with Gasteiger partial charge in [0.05, 0.1) is 18.5 Å². The molecule has 1 aliphatic rings. The second kappa shape index (κ2) is 7.81. The van der Waals surface area contributed by atoms with Gasteiger partial charge >= 0.3 is 0 Å². The van der Waals surface area contributed by atoms with E-state index >= 15 is 0 Å². The Morgan fingerprint density at radius 3 is 2.79 bits per heavy atom. The molecular weight excluding hydrogens is 372 g/mol. The quantitative estimate of drug-likeness (QED) is 0.525. The van der Waals surface area contributed by atoms with E-state index in [9.17, 15) is 0 Å². The fourth-order valence-electron chi connectivity index (χ4n) is 3.44. The Hall–Kier alpha value is -2.58. The molecule has 1 N–H and O–H groups in total. The van der Waals surface area contributed by atoms with Gasteiger partial charge in [-0.15, -0.1) is 0 Å². The van der Waals surface area contributed by atoms with Crippen molar-refractivity contribution in [2.75, 3.05) is 6.61 Å². The van der Waals surface area contributed by atoms with E-state index in [2.05, 4.69) is 53.4 Å². The van der Waals surface area contributed by atoms with Gasteiger partial charge in [-0.25, -0.2) is 0 Å². The summed E-state index contributed by atoms with van der Waals surface area (Å²) in [7, 11) is 0. The minimum absolute atomic E-state index is 0.0587. The molecule has 1 aliphatic heterocycles. The number of nitrogens with one attached hydrogen (secondary N) is 1. The molecule has 0 radical (unpaired) electrons. The van der Waals surface area contributed by atoms with Crippen molar-refractivity contribution in [2.45, 2.75) is 46.3 Å². The van der Waals surface area contributed by atoms with Crippen molar-refractivity contribution in [1.82, 2.24) is 24.7 Å². The molecule has 0 unspecified atom stereocenters. The standard InChI is InChI=1S/C20H24N6OS/c1-13-6-8-16(9-7-13)12-25-15(3)17(14(2)24-25)11-21-26-19(22-23-20(26)28)18-5-4-10-27-18/h6-9,11,18H,4-5,10,12H2,1-3H3,(H,23,28)/b21-11-/t18-/m0/s1. The largest absolute Gasteiger partial charge is 0.370 e. The number of H-pyrrole nitrogens is 1. The molecular formula is C20H24N6OS. The van der Waals surface area contributed by atoms with Crippen LogP contribution in [0.5, 0.6) is 0 Å². The molecule has 146 valence electrons. The highest BCUT2D eigenvalue weighted by atomic mass is 32.1. The van der Waals surface area contributed by atoms with E-state index in [1.807, 2.05) is 17.8 Å². The summed E-state index contributed by atoms with van der Waals surface area (Å²) in [6.07, 6.45) is 3.71. The van der Waals surface area contributed by atoms with Crippen LogP contribution in [0.15, 0.2) is 29.4 Å². The van der Waals surface area contributed by atoms with E-state index in [1.165, 1.54) is 11.1 Å². The van der Waals surface area contributed by atoms with Crippen molar-refractivity contribution in [3.8, 4) is 0 Å². The van der Waals surface area contributed by atoms with Crippen LogP contribution in [-0.2, 0) is 11.3 Å². The SMILES string of the molecule is Cc1ccc(Cn2nc(C)c(/C=N\n3c([C@@H]4CCCO4)n[nH]c3=S)c2C)cc1. The highest BCUT2D eigenvalue weighted by Crippen LogP contribution is 2.27. The molecule has 1 atom stereocenters. The number of rotatable bonds is 5. The summed E-state index contributed by atoms with van der Waals surface area (Å²) in [4.78, 5) is 0. The number of aryl methyl sites for hydroxylation is 2. The van der Waals surface area contributed by atoms with Gasteiger partial charge in [0.1, 0.15) is 6.10 Å². The highest BCUT2D eigenvalue weighted by Gasteiger charge is 2.23. The minimum Gasteiger partial charge on any atom is -0.370 e. The molecule has 0 amide bonds. The predicted octanol–water partition coefficient (Wildman–Crippen LogP) is 3.84. The van der Waals surface area contributed by atoms with Crippen molar-refractivity contribution in [3.63, 3.8) is 0 Å². The minimum atomic E-state index is -0.0587. The van der Waals surface area contributed by atoms with Gasteiger partial charge in [-0.3, -0.25) is 9.78 Å². The monoisotopic (exact) mass is 396 g/mol. The molecule has 3 aromatic rings. The number of ether oxygens (including phenoxy) is 1. The molecule has 2 aromatic heterocycles. The number of aromatic nitrogens is 5. The summed E-state index contributed by atoms with van der Waals surface area (Å²) in [6, 6.07) is 8.52. The Kier molecular flexibility index (Phi) is 5.23. The lowest BCUT2D eigenvalue weighted by Crippen LogP contribution is -2.06. The van der Waals surface area contributed by atoms with Crippen molar-refractivity contribution < 1.29 is 4.74 Å². The average molecular weight is 397 g/mol. The Bertz CT molecular complexity index is 1050. The molecule has 0 aliphatic carbocycles. The molecule has 1 fully saturated rings. The zero-order valence-electron chi connectivity index (χ0n) is 16.3. The van der Waals surface area contributed by atoms with Crippen LogP contribution in [0.25, 0.3) is 0 Å². The number of hydrogen-bond acceptors (Lipinski definition) is 5. The molecule has 1 saturated heterocycles. The van der Waals surface area contributed by atoms with Gasteiger partial charge in [0, 0.05) is 17.9 Å². The lowest BCUT2D eigenvalue weighted by molar-refractivity contribution is 0.102. The maximum atomic E-state index is 5.73. The van der Waals surface area contributed by atoms with E-state index in [1.54, 1.807) is 4.68 Å². The molecule has 28 heavy (non-hydrogen) atoms. The van der Waals surface area contributed by atoms with Gasteiger partial charge in [0.2, 0.25) is 4.77 Å². The summed E-state index contributed by atoms with van der Waals surface area (Å²) >= 11 is 5.35. The van der Waals surface area contributed by atoms with Crippen molar-refractivity contribution in [2.24, 2.45) is 5.10 Å². The van der Waals surface area contributed by atoms with Gasteiger partial charge < -0.3 is 4.74 Å². The molecule has 3 heterocycles. The van der Waals surface area contributed by atoms with Gasteiger partial charge in [-0.2, -0.15) is 20.0 Å². The summed E-state index contributed by atoms with van der Waals surface area (Å²) in [5.41, 5.74) is 5.47. The summed E-state index contributed by atoms with van der Waals surface area (Å²) in [6.45, 7) is 7.62. The van der Waals surface area contributed by atoms with Gasteiger partial charge in [-0.05, 0) is 51.4 Å². The fraction of sp³-hybridized carbons (Fsp3) is 0.400. The van der Waals surface area contributed by atoms with Crippen LogP contribution >= 0.6 is 12.2 Å². The zero-order chi connectivity index (χ0) is 19.7. The maximum Gasteiger partial charge on any atom is 0.216 e. The second-order valence-electron chi connectivity index (χ2n) is 7.17. The van der Waals surface area contributed by atoms with E-state index in [-0.39, 0.29) is 6.10 Å². The number of nitrogens with zero attached hydrogens (tertiary/aromatic N) is 5. The highest BCUT2D eigenvalue weighted by molar-refractivity contribution is 7.71. The lowest BCUT2D eigenvalue weighted by atomic mass is 10.1. The molecule has 1 aromatic carbocycles. The molecule has 0 spiro atoms. The number of benzene rings is 1. The van der Waals surface area contributed by atoms with Crippen molar-refractivity contribution in [3.05, 3.63) is 62.9 Å². The Morgan fingerprint density at radius 1 is 1.29 bits per heavy atom. The first kappa shape index (κ1) is 18.8. The van der Waals surface area contributed by atoms with Crippen LogP contribution in [0.4, 0.5) is 0 Å². The van der Waals surface area contributed by atoms with Crippen LogP contribution in [-0.4, -0.2) is 37.5 Å². The Balaban J connectivity index is 1.60. The first-order valence-electron chi connectivity index (χ1n) is 9.46. The number of hydrogen-bond donors (Lipinski definition) is 1. The molecule has 7 nitrogen and oxygen atoms in total. The lowest BCUT2D eigenvalue weighted by Gasteiger charge is -2.07. The first-order chi connectivity index (χ1) is 13.5. The van der Waals surface area contributed by atoms with Crippen molar-refractivity contribution in [1.29, 1.82) is 0 Å². The second-order valence-corrected chi connectivity index (χ2v) is 7.56. The van der Waals surface area contributed by atoms with E-state index < -0.39 is 0 Å². The Labute approximate surface area is 169 Å². The van der Waals surface area contributed by atoms with Crippen LogP contribution in [0.3, 0.4) is 0 Å². The molecule has 0 bridgehead atoms. The average Bonchev–Trinajstić information content (AvgIpc) is 3.38.